The number of methoxy groups -OCH3 is 1. The monoisotopic (exact) mass is 287 g/mol. The lowest BCUT2D eigenvalue weighted by molar-refractivity contribution is 0.103. The van der Waals surface area contributed by atoms with Gasteiger partial charge in [-0.25, -0.2) is 4.39 Å². The number of hydrogen-bond donors (Lipinski definition) is 0. The second-order valence-corrected chi connectivity index (χ2v) is 5.15. The van der Waals surface area contributed by atoms with Crippen LogP contribution in [0, 0.1) is 5.82 Å². The molecule has 100 valence electrons. The largest absolute Gasteiger partial charge is 0.497 e. The van der Waals surface area contributed by atoms with E-state index in [-0.39, 0.29) is 11.3 Å². The summed E-state index contributed by atoms with van der Waals surface area (Å²) in [6.45, 7) is 0. The van der Waals surface area contributed by atoms with Gasteiger partial charge in [-0.1, -0.05) is 0 Å². The third kappa shape index (κ3) is 2.16. The standard InChI is InChI=1S/C15H10FNO2S/c1-19-10-2-3-11(12(16)7-10)15(18)9-6-14-13(17-8-9)4-5-20-14/h2-8H,1H3. The van der Waals surface area contributed by atoms with Crippen molar-refractivity contribution in [2.45, 2.75) is 0 Å². The molecule has 2 heterocycles. The van der Waals surface area contributed by atoms with Gasteiger partial charge in [0.05, 0.1) is 22.9 Å². The molecular formula is C15H10FNO2S. The number of ether oxygens (including phenoxy) is 1. The Morgan fingerprint density at radius 1 is 1.30 bits per heavy atom. The molecule has 3 aromatic rings. The van der Waals surface area contributed by atoms with Gasteiger partial charge < -0.3 is 4.74 Å². The normalized spacial score (nSPS) is 10.7. The zero-order valence-electron chi connectivity index (χ0n) is 10.6. The van der Waals surface area contributed by atoms with E-state index in [1.807, 2.05) is 11.4 Å². The highest BCUT2D eigenvalue weighted by Crippen LogP contribution is 2.23. The summed E-state index contributed by atoms with van der Waals surface area (Å²) in [5, 5.41) is 1.90. The number of ketones is 1. The van der Waals surface area contributed by atoms with Gasteiger partial charge in [-0.15, -0.1) is 11.3 Å². The van der Waals surface area contributed by atoms with Crippen LogP contribution in [0.4, 0.5) is 4.39 Å². The maximum Gasteiger partial charge on any atom is 0.197 e. The first-order valence-electron chi connectivity index (χ1n) is 5.90. The van der Waals surface area contributed by atoms with Gasteiger partial charge in [-0.2, -0.15) is 0 Å². The van der Waals surface area contributed by atoms with Gasteiger partial charge in [0.15, 0.2) is 5.78 Å². The Balaban J connectivity index is 2.03. The van der Waals surface area contributed by atoms with E-state index in [0.29, 0.717) is 11.3 Å². The number of aromatic nitrogens is 1. The molecule has 0 saturated carbocycles. The second kappa shape index (κ2) is 5.02. The minimum absolute atomic E-state index is 0.0171. The van der Waals surface area contributed by atoms with Crippen molar-refractivity contribution in [1.82, 2.24) is 4.98 Å². The molecule has 0 N–H and O–H groups in total. The van der Waals surface area contributed by atoms with Crippen LogP contribution in [-0.2, 0) is 0 Å². The van der Waals surface area contributed by atoms with E-state index in [1.165, 1.54) is 36.8 Å². The van der Waals surface area contributed by atoms with Crippen molar-refractivity contribution in [3.05, 3.63) is 58.9 Å². The summed E-state index contributed by atoms with van der Waals surface area (Å²) in [7, 11) is 1.45. The highest BCUT2D eigenvalue weighted by Gasteiger charge is 2.15. The zero-order chi connectivity index (χ0) is 14.1. The molecule has 0 bridgehead atoms. The maximum absolute atomic E-state index is 13.9. The molecule has 0 amide bonds. The average molecular weight is 287 g/mol. The topological polar surface area (TPSA) is 39.2 Å². The van der Waals surface area contributed by atoms with E-state index in [1.54, 1.807) is 12.1 Å². The first-order chi connectivity index (χ1) is 9.69. The van der Waals surface area contributed by atoms with Crippen LogP contribution < -0.4 is 4.74 Å². The van der Waals surface area contributed by atoms with E-state index < -0.39 is 5.82 Å². The third-order valence-corrected chi connectivity index (χ3v) is 3.84. The Bertz CT molecular complexity index is 797. The van der Waals surface area contributed by atoms with Crippen molar-refractivity contribution in [2.75, 3.05) is 7.11 Å². The summed E-state index contributed by atoms with van der Waals surface area (Å²) in [4.78, 5) is 16.5. The summed E-state index contributed by atoms with van der Waals surface area (Å²) < 4.78 is 19.7. The van der Waals surface area contributed by atoms with Crippen LogP contribution in [0.5, 0.6) is 5.75 Å². The van der Waals surface area contributed by atoms with Gasteiger partial charge in [0.1, 0.15) is 11.6 Å². The molecule has 0 aliphatic carbocycles. The number of pyridine rings is 1. The number of halogens is 1. The van der Waals surface area contributed by atoms with Crippen molar-refractivity contribution >= 4 is 27.3 Å². The number of nitrogens with zero attached hydrogens (tertiary/aromatic N) is 1. The molecule has 0 aliphatic rings. The molecule has 5 heteroatoms. The molecule has 1 aromatic carbocycles. The fraction of sp³-hybridized carbons (Fsp3) is 0.0667. The number of thiophene rings is 1. The zero-order valence-corrected chi connectivity index (χ0v) is 11.4. The first kappa shape index (κ1) is 12.7. The van der Waals surface area contributed by atoms with Crippen molar-refractivity contribution in [1.29, 1.82) is 0 Å². The summed E-state index contributed by atoms with van der Waals surface area (Å²) in [6, 6.07) is 7.80. The van der Waals surface area contributed by atoms with Crippen LogP contribution in [0.3, 0.4) is 0 Å². The SMILES string of the molecule is COc1ccc(C(=O)c2cnc3ccsc3c2)c(F)c1. The molecule has 0 saturated heterocycles. The first-order valence-corrected chi connectivity index (χ1v) is 6.78. The number of benzene rings is 1. The molecule has 3 nitrogen and oxygen atoms in total. The summed E-state index contributed by atoms with van der Waals surface area (Å²) in [5.74, 6) is -0.598. The van der Waals surface area contributed by atoms with E-state index in [9.17, 15) is 9.18 Å². The predicted molar refractivity (Wildman–Crippen MR) is 76.0 cm³/mol. The minimum Gasteiger partial charge on any atom is -0.497 e. The minimum atomic E-state index is -0.597. The highest BCUT2D eigenvalue weighted by atomic mass is 32.1. The highest BCUT2D eigenvalue weighted by molar-refractivity contribution is 7.17. The van der Waals surface area contributed by atoms with Crippen molar-refractivity contribution in [3.8, 4) is 5.75 Å². The van der Waals surface area contributed by atoms with Crippen molar-refractivity contribution in [2.24, 2.45) is 0 Å². The van der Waals surface area contributed by atoms with Gasteiger partial charge >= 0.3 is 0 Å². The number of carbonyl (C=O) groups excluding carboxylic acids is 1. The van der Waals surface area contributed by atoms with Crippen LogP contribution >= 0.6 is 11.3 Å². The van der Waals surface area contributed by atoms with E-state index in [2.05, 4.69) is 4.98 Å². The number of carbonyl (C=O) groups is 1. The van der Waals surface area contributed by atoms with Gasteiger partial charge in [0, 0.05) is 17.8 Å². The fourth-order valence-electron chi connectivity index (χ4n) is 1.93. The van der Waals surface area contributed by atoms with Gasteiger partial charge in [-0.3, -0.25) is 9.78 Å². The summed E-state index contributed by atoms with van der Waals surface area (Å²) >= 11 is 1.50. The molecule has 0 aliphatic heterocycles. The fourth-order valence-corrected chi connectivity index (χ4v) is 2.71. The van der Waals surface area contributed by atoms with E-state index in [0.717, 1.165) is 10.2 Å². The molecule has 0 atom stereocenters. The Morgan fingerprint density at radius 2 is 2.15 bits per heavy atom. The van der Waals surface area contributed by atoms with Crippen LogP contribution in [-0.4, -0.2) is 17.9 Å². The lowest BCUT2D eigenvalue weighted by Gasteiger charge is -2.05. The van der Waals surface area contributed by atoms with Gasteiger partial charge in [0.25, 0.3) is 0 Å². The second-order valence-electron chi connectivity index (χ2n) is 4.20. The van der Waals surface area contributed by atoms with E-state index in [4.69, 9.17) is 4.74 Å². The lowest BCUT2D eigenvalue weighted by Crippen LogP contribution is -2.05. The molecular weight excluding hydrogens is 277 g/mol. The van der Waals surface area contributed by atoms with Crippen LogP contribution in [0.25, 0.3) is 10.2 Å². The molecule has 3 rings (SSSR count). The Kier molecular flexibility index (Phi) is 3.20. The number of rotatable bonds is 3. The van der Waals surface area contributed by atoms with Crippen LogP contribution in [0.15, 0.2) is 41.9 Å². The quantitative estimate of drug-likeness (QED) is 0.690. The molecule has 2 aromatic heterocycles. The molecule has 0 radical (unpaired) electrons. The Hall–Kier alpha value is -2.27. The summed E-state index contributed by atoms with van der Waals surface area (Å²) in [5.41, 5.74) is 1.23. The van der Waals surface area contributed by atoms with Gasteiger partial charge in [-0.05, 0) is 29.6 Å². The third-order valence-electron chi connectivity index (χ3n) is 2.99. The van der Waals surface area contributed by atoms with Crippen molar-refractivity contribution in [3.63, 3.8) is 0 Å². The predicted octanol–water partition coefficient (Wildman–Crippen LogP) is 3.68. The molecule has 20 heavy (non-hydrogen) atoms. The lowest BCUT2D eigenvalue weighted by atomic mass is 10.0. The average Bonchev–Trinajstić information content (AvgIpc) is 2.93. The number of fused-ring (bicyclic) bond motifs is 1. The van der Waals surface area contributed by atoms with Crippen LogP contribution in [0.1, 0.15) is 15.9 Å². The molecule has 0 spiro atoms. The molecule has 0 fully saturated rings. The Morgan fingerprint density at radius 3 is 2.90 bits per heavy atom. The molecule has 0 unspecified atom stereocenters. The number of hydrogen-bond acceptors (Lipinski definition) is 4. The van der Waals surface area contributed by atoms with Crippen LogP contribution in [0.2, 0.25) is 0 Å². The van der Waals surface area contributed by atoms with E-state index >= 15 is 0 Å². The maximum atomic E-state index is 13.9. The van der Waals surface area contributed by atoms with Crippen molar-refractivity contribution < 1.29 is 13.9 Å². The van der Waals surface area contributed by atoms with Gasteiger partial charge in [0.2, 0.25) is 0 Å². The Labute approximate surface area is 118 Å². The smallest absolute Gasteiger partial charge is 0.197 e. The summed E-state index contributed by atoms with van der Waals surface area (Å²) in [6.07, 6.45) is 1.47.